The molecule has 0 saturated carbocycles. The second kappa shape index (κ2) is 9.49. The number of hydrazone groups is 1. The van der Waals surface area contributed by atoms with E-state index in [0.717, 1.165) is 16.8 Å². The standard InChI is InChI=1S/C22H25N3O6S/c23-22(32)25-16(10-15(24-25)12-4-2-1-3-5-12)13-6-8-14(9-7-13)30-21-20(29)19(28)18(27)17(11-26)31-21/h1-9,16-21,26-29H,10-11H2,(H2,23,32)/t16?,17-,18-,19-,20-,21-/m1/s1. The van der Waals surface area contributed by atoms with Gasteiger partial charge in [-0.25, -0.2) is 5.01 Å². The van der Waals surface area contributed by atoms with Crippen LogP contribution in [0.15, 0.2) is 59.7 Å². The number of hydrogen-bond acceptors (Lipinski definition) is 8. The summed E-state index contributed by atoms with van der Waals surface area (Å²) in [5.74, 6) is 0.377. The maximum Gasteiger partial charge on any atom is 0.229 e. The number of nitrogens with zero attached hydrogens (tertiary/aromatic N) is 2. The highest BCUT2D eigenvalue weighted by atomic mass is 32.1. The molecule has 0 radical (unpaired) electrons. The Morgan fingerprint density at radius 1 is 1.06 bits per heavy atom. The predicted octanol–water partition coefficient (Wildman–Crippen LogP) is 0.260. The Balaban J connectivity index is 1.48. The molecule has 6 N–H and O–H groups in total. The third-order valence-electron chi connectivity index (χ3n) is 5.61. The van der Waals surface area contributed by atoms with Gasteiger partial charge in [0.1, 0.15) is 30.2 Å². The van der Waals surface area contributed by atoms with E-state index in [0.29, 0.717) is 12.2 Å². The van der Waals surface area contributed by atoms with Gasteiger partial charge in [-0.3, -0.25) is 0 Å². The fraction of sp³-hybridized carbons (Fsp3) is 0.364. The van der Waals surface area contributed by atoms with E-state index >= 15 is 0 Å². The van der Waals surface area contributed by atoms with Crippen LogP contribution in [0.4, 0.5) is 0 Å². The lowest BCUT2D eigenvalue weighted by atomic mass is 9.98. The number of nitrogens with two attached hydrogens (primary N) is 1. The lowest BCUT2D eigenvalue weighted by Crippen LogP contribution is -2.60. The summed E-state index contributed by atoms with van der Waals surface area (Å²) in [6.45, 7) is -0.524. The molecule has 4 rings (SSSR count). The normalized spacial score (nSPS) is 30.1. The van der Waals surface area contributed by atoms with E-state index in [1.54, 1.807) is 17.1 Å². The summed E-state index contributed by atoms with van der Waals surface area (Å²) in [6, 6.07) is 16.7. The minimum atomic E-state index is -1.50. The van der Waals surface area contributed by atoms with E-state index in [9.17, 15) is 20.4 Å². The molecule has 2 heterocycles. The van der Waals surface area contributed by atoms with E-state index < -0.39 is 37.3 Å². The topological polar surface area (TPSA) is 141 Å². The molecule has 0 amide bonds. The number of hydrogen-bond donors (Lipinski definition) is 5. The van der Waals surface area contributed by atoms with Gasteiger partial charge >= 0.3 is 0 Å². The zero-order valence-corrected chi connectivity index (χ0v) is 17.9. The van der Waals surface area contributed by atoms with Gasteiger partial charge in [0, 0.05) is 6.42 Å². The molecule has 0 aromatic heterocycles. The van der Waals surface area contributed by atoms with Crippen molar-refractivity contribution in [2.24, 2.45) is 10.8 Å². The predicted molar refractivity (Wildman–Crippen MR) is 120 cm³/mol. The van der Waals surface area contributed by atoms with Gasteiger partial charge in [-0.2, -0.15) is 5.10 Å². The first kappa shape index (κ1) is 22.6. The van der Waals surface area contributed by atoms with Crippen LogP contribution in [0.2, 0.25) is 0 Å². The zero-order valence-electron chi connectivity index (χ0n) is 17.1. The molecule has 0 bridgehead atoms. The Labute approximate surface area is 190 Å². The molecule has 1 unspecified atom stereocenters. The molecular formula is C22H25N3O6S. The third-order valence-corrected chi connectivity index (χ3v) is 5.80. The molecule has 1 fully saturated rings. The molecule has 2 aliphatic rings. The summed E-state index contributed by atoms with van der Waals surface area (Å²) in [5, 5.41) is 45.7. The molecule has 6 atom stereocenters. The molecule has 0 aliphatic carbocycles. The minimum Gasteiger partial charge on any atom is -0.462 e. The molecule has 2 aromatic carbocycles. The fourth-order valence-electron chi connectivity index (χ4n) is 3.85. The van der Waals surface area contributed by atoms with Gasteiger partial charge < -0.3 is 35.6 Å². The summed E-state index contributed by atoms with van der Waals surface area (Å²) in [4.78, 5) is 0. The second-order valence-electron chi connectivity index (χ2n) is 7.70. The Morgan fingerprint density at radius 2 is 1.75 bits per heavy atom. The lowest BCUT2D eigenvalue weighted by Gasteiger charge is -2.39. The maximum atomic E-state index is 10.2. The number of thiocarbonyl (C=S) groups is 1. The van der Waals surface area contributed by atoms with E-state index in [1.807, 2.05) is 42.5 Å². The van der Waals surface area contributed by atoms with E-state index in [1.165, 1.54) is 0 Å². The van der Waals surface area contributed by atoms with Crippen LogP contribution >= 0.6 is 12.2 Å². The smallest absolute Gasteiger partial charge is 0.229 e. The molecule has 32 heavy (non-hydrogen) atoms. The van der Waals surface area contributed by atoms with Gasteiger partial charge in [-0.1, -0.05) is 42.5 Å². The number of aliphatic hydroxyl groups excluding tert-OH is 4. The second-order valence-corrected chi connectivity index (χ2v) is 8.12. The molecule has 0 spiro atoms. The van der Waals surface area contributed by atoms with Crippen molar-refractivity contribution >= 4 is 23.0 Å². The Morgan fingerprint density at radius 3 is 2.38 bits per heavy atom. The molecule has 2 aromatic rings. The van der Waals surface area contributed by atoms with Crippen molar-refractivity contribution in [1.82, 2.24) is 5.01 Å². The van der Waals surface area contributed by atoms with Gasteiger partial charge in [0.05, 0.1) is 18.4 Å². The van der Waals surface area contributed by atoms with Crippen molar-refractivity contribution in [1.29, 1.82) is 0 Å². The Bertz CT molecular complexity index is 971. The van der Waals surface area contributed by atoms with E-state index in [4.69, 9.17) is 27.4 Å². The summed E-state index contributed by atoms with van der Waals surface area (Å²) in [6.07, 6.45) is -6.09. The van der Waals surface area contributed by atoms with Crippen molar-refractivity contribution in [3.05, 3.63) is 65.7 Å². The number of benzene rings is 2. The van der Waals surface area contributed by atoms with Crippen LogP contribution in [0.3, 0.4) is 0 Å². The van der Waals surface area contributed by atoms with Crippen LogP contribution in [-0.2, 0) is 4.74 Å². The lowest BCUT2D eigenvalue weighted by molar-refractivity contribution is -0.277. The molecule has 1 saturated heterocycles. The quantitative estimate of drug-likeness (QED) is 0.398. The van der Waals surface area contributed by atoms with Crippen molar-refractivity contribution in [3.63, 3.8) is 0 Å². The van der Waals surface area contributed by atoms with Crippen molar-refractivity contribution < 1.29 is 29.9 Å². The molecule has 9 nitrogen and oxygen atoms in total. The molecule has 10 heteroatoms. The summed E-state index contributed by atoms with van der Waals surface area (Å²) in [7, 11) is 0. The fourth-order valence-corrected chi connectivity index (χ4v) is 4.01. The monoisotopic (exact) mass is 459 g/mol. The van der Waals surface area contributed by atoms with Crippen LogP contribution in [0.1, 0.15) is 23.6 Å². The highest BCUT2D eigenvalue weighted by Crippen LogP contribution is 2.34. The van der Waals surface area contributed by atoms with Crippen LogP contribution in [0, 0.1) is 0 Å². The van der Waals surface area contributed by atoms with Crippen molar-refractivity contribution in [3.8, 4) is 5.75 Å². The Kier molecular flexibility index (Phi) is 6.70. The van der Waals surface area contributed by atoms with Crippen LogP contribution < -0.4 is 10.5 Å². The first-order valence-electron chi connectivity index (χ1n) is 10.2. The third kappa shape index (κ3) is 4.46. The van der Waals surface area contributed by atoms with Crippen LogP contribution in [0.25, 0.3) is 0 Å². The highest BCUT2D eigenvalue weighted by molar-refractivity contribution is 7.80. The molecule has 2 aliphatic heterocycles. The van der Waals surface area contributed by atoms with Crippen molar-refractivity contribution in [2.75, 3.05) is 6.61 Å². The summed E-state index contributed by atoms with van der Waals surface area (Å²) < 4.78 is 11.0. The highest BCUT2D eigenvalue weighted by Gasteiger charge is 2.44. The van der Waals surface area contributed by atoms with Gasteiger partial charge in [-0.05, 0) is 35.5 Å². The van der Waals surface area contributed by atoms with Gasteiger partial charge in [0.2, 0.25) is 6.29 Å². The summed E-state index contributed by atoms with van der Waals surface area (Å²) >= 11 is 5.19. The average molecular weight is 460 g/mol. The van der Waals surface area contributed by atoms with Gasteiger partial charge in [0.25, 0.3) is 0 Å². The Hall–Kier alpha value is -2.60. The van der Waals surface area contributed by atoms with E-state index in [2.05, 4.69) is 5.10 Å². The van der Waals surface area contributed by atoms with Gasteiger partial charge in [-0.15, -0.1) is 0 Å². The number of aliphatic hydroxyl groups is 4. The van der Waals surface area contributed by atoms with Crippen LogP contribution in [0.5, 0.6) is 5.75 Å². The van der Waals surface area contributed by atoms with Crippen LogP contribution in [-0.4, -0.2) is 73.6 Å². The average Bonchev–Trinajstić information content (AvgIpc) is 3.26. The maximum absolute atomic E-state index is 10.2. The minimum absolute atomic E-state index is 0.169. The SMILES string of the molecule is NC(=S)N1N=C(c2ccccc2)CC1c1ccc(O[C@@H]2O[C@H](CO)[C@@H](O)[C@@H](O)[C@H]2O)cc1. The molecule has 170 valence electrons. The zero-order chi connectivity index (χ0) is 22.8. The number of ether oxygens (including phenoxy) is 2. The first-order valence-corrected chi connectivity index (χ1v) is 10.6. The number of rotatable bonds is 5. The van der Waals surface area contributed by atoms with Crippen molar-refractivity contribution in [2.45, 2.75) is 43.2 Å². The largest absolute Gasteiger partial charge is 0.462 e. The van der Waals surface area contributed by atoms with Gasteiger partial charge in [0.15, 0.2) is 5.11 Å². The summed E-state index contributed by atoms with van der Waals surface area (Å²) in [5.41, 5.74) is 8.69. The molecular weight excluding hydrogens is 434 g/mol. The first-order chi connectivity index (χ1) is 15.4. The van der Waals surface area contributed by atoms with E-state index in [-0.39, 0.29) is 11.2 Å².